The Bertz CT molecular complexity index is 146. The lowest BCUT2D eigenvalue weighted by Crippen LogP contribution is -2.38. The highest BCUT2D eigenvalue weighted by Crippen LogP contribution is 2.02. The standard InChI is InChI=1S/C6H16O3Si.C4H12O3Si/c1-4-7-10(8-5-2)9-6-3;1-5-8(4,6-2)7-3/h10H,4-6H2,1-3H3;1-4H3. The molecule has 0 rings (SSSR count). The van der Waals surface area contributed by atoms with E-state index in [0.717, 1.165) is 0 Å². The van der Waals surface area contributed by atoms with Gasteiger partial charge in [0.25, 0.3) is 0 Å². The SMILES string of the molecule is CCO[SiH](OCC)OCC.CO[Si](C)(OC)OC. The van der Waals surface area contributed by atoms with Gasteiger partial charge in [-0.15, -0.1) is 0 Å². The van der Waals surface area contributed by atoms with Crippen molar-refractivity contribution in [2.24, 2.45) is 0 Å². The molecule has 0 aliphatic heterocycles. The molecule has 0 N–H and O–H groups in total. The fourth-order valence-electron chi connectivity index (χ4n) is 0.803. The predicted octanol–water partition coefficient (Wildman–Crippen LogP) is 1.31. The third kappa shape index (κ3) is 11.3. The maximum absolute atomic E-state index is 5.22. The van der Waals surface area contributed by atoms with Gasteiger partial charge in [-0.1, -0.05) is 0 Å². The summed E-state index contributed by atoms with van der Waals surface area (Å²) < 4.78 is 30.4. The van der Waals surface area contributed by atoms with Gasteiger partial charge in [0.2, 0.25) is 0 Å². The third-order valence-electron chi connectivity index (χ3n) is 2.02. The van der Waals surface area contributed by atoms with Gasteiger partial charge < -0.3 is 26.6 Å². The summed E-state index contributed by atoms with van der Waals surface area (Å²) in [6, 6.07) is 0. The van der Waals surface area contributed by atoms with Crippen LogP contribution in [0.2, 0.25) is 6.55 Å². The van der Waals surface area contributed by atoms with Gasteiger partial charge >= 0.3 is 18.3 Å². The molecule has 0 spiro atoms. The Morgan fingerprint density at radius 3 is 1.11 bits per heavy atom. The monoisotopic (exact) mass is 300 g/mol. The zero-order valence-electron chi connectivity index (χ0n) is 12.6. The molecule has 0 fully saturated rings. The van der Waals surface area contributed by atoms with E-state index in [4.69, 9.17) is 26.6 Å². The van der Waals surface area contributed by atoms with Gasteiger partial charge in [0.15, 0.2) is 0 Å². The average Bonchev–Trinajstić information content (AvgIpc) is 2.39. The lowest BCUT2D eigenvalue weighted by atomic mass is 10.9. The van der Waals surface area contributed by atoms with Crippen molar-refractivity contribution in [1.82, 2.24) is 0 Å². The molecule has 0 aromatic heterocycles. The summed E-state index contributed by atoms with van der Waals surface area (Å²) in [6.07, 6.45) is 0. The molecule has 0 aliphatic carbocycles. The first-order valence-corrected chi connectivity index (χ1v) is 9.67. The molecule has 0 unspecified atom stereocenters. The van der Waals surface area contributed by atoms with Gasteiger partial charge in [-0.25, -0.2) is 0 Å². The first-order valence-electron chi connectivity index (χ1n) is 6.03. The summed E-state index contributed by atoms with van der Waals surface area (Å²) in [5, 5.41) is 0. The van der Waals surface area contributed by atoms with Gasteiger partial charge in [-0.3, -0.25) is 0 Å². The van der Waals surface area contributed by atoms with E-state index in [1.807, 2.05) is 27.3 Å². The summed E-state index contributed by atoms with van der Waals surface area (Å²) in [5.74, 6) is 0. The Morgan fingerprint density at radius 1 is 0.722 bits per heavy atom. The van der Waals surface area contributed by atoms with Crippen LogP contribution in [-0.2, 0) is 26.6 Å². The van der Waals surface area contributed by atoms with E-state index in [0.29, 0.717) is 19.8 Å². The van der Waals surface area contributed by atoms with Crippen LogP contribution in [0.4, 0.5) is 0 Å². The topological polar surface area (TPSA) is 55.4 Å². The molecule has 112 valence electrons. The molecule has 6 nitrogen and oxygen atoms in total. The first kappa shape index (κ1) is 20.5. The normalized spacial score (nSPS) is 11.3. The average molecular weight is 300 g/mol. The van der Waals surface area contributed by atoms with Crippen molar-refractivity contribution in [2.45, 2.75) is 27.3 Å². The Balaban J connectivity index is 0. The number of hydrogen-bond donors (Lipinski definition) is 0. The minimum Gasteiger partial charge on any atom is -0.377 e. The molecular weight excluding hydrogens is 272 g/mol. The Kier molecular flexibility index (Phi) is 15.5. The van der Waals surface area contributed by atoms with Crippen molar-refractivity contribution in [3.8, 4) is 0 Å². The molecule has 8 heteroatoms. The van der Waals surface area contributed by atoms with Gasteiger partial charge in [0.05, 0.1) is 0 Å². The molecular formula is C10H28O6Si2. The highest BCUT2D eigenvalue weighted by molar-refractivity contribution is 6.58. The molecule has 0 saturated heterocycles. The second-order valence-corrected chi connectivity index (χ2v) is 7.66. The second kappa shape index (κ2) is 13.6. The van der Waals surface area contributed by atoms with Crippen LogP contribution in [0.3, 0.4) is 0 Å². The molecule has 0 atom stereocenters. The highest BCUT2D eigenvalue weighted by atomic mass is 28.4. The molecule has 0 radical (unpaired) electrons. The molecule has 0 aromatic carbocycles. The molecule has 0 bridgehead atoms. The van der Waals surface area contributed by atoms with Crippen LogP contribution < -0.4 is 0 Å². The van der Waals surface area contributed by atoms with E-state index in [-0.39, 0.29) is 0 Å². The van der Waals surface area contributed by atoms with E-state index in [1.165, 1.54) is 0 Å². The minimum atomic E-state index is -2.17. The van der Waals surface area contributed by atoms with Gasteiger partial charge in [0, 0.05) is 47.7 Å². The third-order valence-corrected chi connectivity index (χ3v) is 6.06. The number of hydrogen-bond acceptors (Lipinski definition) is 6. The maximum atomic E-state index is 5.22. The first-order chi connectivity index (χ1) is 8.53. The summed E-state index contributed by atoms with van der Waals surface area (Å²) in [5.41, 5.74) is 0. The van der Waals surface area contributed by atoms with Crippen LogP contribution in [0.5, 0.6) is 0 Å². The van der Waals surface area contributed by atoms with Gasteiger partial charge in [0.1, 0.15) is 0 Å². The molecule has 0 aromatic rings. The van der Waals surface area contributed by atoms with Crippen molar-refractivity contribution in [3.05, 3.63) is 0 Å². The van der Waals surface area contributed by atoms with E-state index in [9.17, 15) is 0 Å². The lowest BCUT2D eigenvalue weighted by molar-refractivity contribution is 0.107. The molecule has 0 amide bonds. The maximum Gasteiger partial charge on any atom is 0.496 e. The summed E-state index contributed by atoms with van der Waals surface area (Å²) in [6.45, 7) is 9.69. The van der Waals surface area contributed by atoms with E-state index in [1.54, 1.807) is 21.3 Å². The van der Waals surface area contributed by atoms with E-state index >= 15 is 0 Å². The number of rotatable bonds is 9. The second-order valence-electron chi connectivity index (χ2n) is 3.13. The zero-order valence-corrected chi connectivity index (χ0v) is 14.8. The van der Waals surface area contributed by atoms with Gasteiger partial charge in [-0.2, -0.15) is 0 Å². The highest BCUT2D eigenvalue weighted by Gasteiger charge is 2.29. The summed E-state index contributed by atoms with van der Waals surface area (Å²) >= 11 is 0. The largest absolute Gasteiger partial charge is 0.496 e. The Hall–Kier alpha value is 0.194. The molecule has 0 saturated carbocycles. The van der Waals surface area contributed by atoms with Crippen molar-refractivity contribution in [3.63, 3.8) is 0 Å². The van der Waals surface area contributed by atoms with Crippen LogP contribution in [0.15, 0.2) is 0 Å². The van der Waals surface area contributed by atoms with Crippen molar-refractivity contribution >= 4 is 18.3 Å². The quantitative estimate of drug-likeness (QED) is 0.598. The van der Waals surface area contributed by atoms with Crippen molar-refractivity contribution < 1.29 is 26.6 Å². The fourth-order valence-corrected chi connectivity index (χ4v) is 2.41. The summed E-state index contributed by atoms with van der Waals surface area (Å²) in [7, 11) is 0.843. The zero-order chi connectivity index (χ0) is 14.4. The van der Waals surface area contributed by atoms with Crippen molar-refractivity contribution in [1.29, 1.82) is 0 Å². The summed E-state index contributed by atoms with van der Waals surface area (Å²) in [4.78, 5) is 0. The molecule has 0 heterocycles. The predicted molar refractivity (Wildman–Crippen MR) is 74.7 cm³/mol. The van der Waals surface area contributed by atoms with Gasteiger partial charge in [-0.05, 0) is 20.8 Å². The van der Waals surface area contributed by atoms with E-state index in [2.05, 4.69) is 0 Å². The van der Waals surface area contributed by atoms with Crippen molar-refractivity contribution in [2.75, 3.05) is 41.2 Å². The van der Waals surface area contributed by atoms with Crippen LogP contribution in [0.25, 0.3) is 0 Å². The molecule has 0 aliphatic rings. The van der Waals surface area contributed by atoms with Crippen LogP contribution >= 0.6 is 0 Å². The molecule has 18 heavy (non-hydrogen) atoms. The Labute approximate surface area is 114 Å². The van der Waals surface area contributed by atoms with Crippen LogP contribution in [0, 0.1) is 0 Å². The lowest BCUT2D eigenvalue weighted by Gasteiger charge is -2.18. The van der Waals surface area contributed by atoms with Crippen LogP contribution in [0.1, 0.15) is 20.8 Å². The Morgan fingerprint density at radius 2 is 1.00 bits per heavy atom. The smallest absolute Gasteiger partial charge is 0.377 e. The van der Waals surface area contributed by atoms with E-state index < -0.39 is 18.3 Å². The van der Waals surface area contributed by atoms with Crippen LogP contribution in [-0.4, -0.2) is 59.5 Å². The minimum absolute atomic E-state index is 0.677. The fraction of sp³-hybridized carbons (Fsp3) is 1.00.